The van der Waals surface area contributed by atoms with Crippen molar-refractivity contribution in [3.63, 3.8) is 0 Å². The average molecular weight is 293 g/mol. The van der Waals surface area contributed by atoms with Crippen LogP contribution in [-0.2, 0) is 24.1 Å². The molecular weight excluding hydrogens is 271 g/mol. The van der Waals surface area contributed by atoms with Crippen LogP contribution in [0.15, 0.2) is 6.07 Å². The summed E-state index contributed by atoms with van der Waals surface area (Å²) in [5.74, 6) is 0. The molecule has 1 atom stereocenters. The molecule has 2 N–H and O–H groups in total. The number of hydrogen-bond donors (Lipinski definition) is 1. The molecule has 0 aliphatic heterocycles. The summed E-state index contributed by atoms with van der Waals surface area (Å²) in [7, 11) is 0. The number of nitrogens with two attached hydrogens (primary N) is 1. The maximum absolute atomic E-state index is 11.9. The second-order valence-corrected chi connectivity index (χ2v) is 4.72. The highest BCUT2D eigenvalue weighted by molar-refractivity contribution is 5.11. The van der Waals surface area contributed by atoms with Crippen molar-refractivity contribution in [3.8, 4) is 0 Å². The van der Waals surface area contributed by atoms with E-state index in [2.05, 4.69) is 9.84 Å². The molecule has 7 heteroatoms. The predicted octanol–water partition coefficient (Wildman–Crippen LogP) is 2.30. The quantitative estimate of drug-likeness (QED) is 0.748. The van der Waals surface area contributed by atoms with Gasteiger partial charge in [-0.15, -0.1) is 0 Å². The molecule has 1 rings (SSSR count). The number of hydrogen-bond acceptors (Lipinski definition) is 3. The van der Waals surface area contributed by atoms with E-state index in [0.717, 1.165) is 24.4 Å². The van der Waals surface area contributed by atoms with Crippen LogP contribution in [0.2, 0.25) is 0 Å². The lowest BCUT2D eigenvalue weighted by Gasteiger charge is -2.13. The van der Waals surface area contributed by atoms with Gasteiger partial charge in [0.15, 0.2) is 0 Å². The first-order chi connectivity index (χ1) is 9.35. The first kappa shape index (κ1) is 17.0. The summed E-state index contributed by atoms with van der Waals surface area (Å²) in [5, 5.41) is 4.41. The number of halogens is 3. The molecule has 0 saturated carbocycles. The number of aryl methyl sites for hydroxylation is 2. The summed E-state index contributed by atoms with van der Waals surface area (Å²) in [6, 6.07) is 1.77. The van der Waals surface area contributed by atoms with Crippen LogP contribution in [0.5, 0.6) is 0 Å². The zero-order chi connectivity index (χ0) is 15.2. The fourth-order valence-corrected chi connectivity index (χ4v) is 1.92. The Morgan fingerprint density at radius 1 is 1.40 bits per heavy atom. The molecule has 116 valence electrons. The van der Waals surface area contributed by atoms with E-state index in [0.29, 0.717) is 12.8 Å². The minimum Gasteiger partial charge on any atom is -0.372 e. The van der Waals surface area contributed by atoms with Gasteiger partial charge in [-0.2, -0.15) is 18.3 Å². The van der Waals surface area contributed by atoms with E-state index in [1.165, 1.54) is 0 Å². The SMILES string of the molecule is CCc1cc(CC(N)CCOCC(F)(F)F)n(CC)n1. The van der Waals surface area contributed by atoms with Crippen molar-refractivity contribution in [2.75, 3.05) is 13.2 Å². The van der Waals surface area contributed by atoms with Gasteiger partial charge in [-0.25, -0.2) is 0 Å². The first-order valence-electron chi connectivity index (χ1n) is 6.81. The van der Waals surface area contributed by atoms with E-state index in [4.69, 9.17) is 5.73 Å². The molecule has 0 fully saturated rings. The molecule has 0 aliphatic rings. The van der Waals surface area contributed by atoms with Gasteiger partial charge in [0.25, 0.3) is 0 Å². The summed E-state index contributed by atoms with van der Waals surface area (Å²) < 4.78 is 42.1. The van der Waals surface area contributed by atoms with Gasteiger partial charge in [0.2, 0.25) is 0 Å². The minimum absolute atomic E-state index is 0.0155. The standard InChI is InChI=1S/C13H22F3N3O/c1-3-11-8-12(19(4-2)18-11)7-10(17)5-6-20-9-13(14,15)16/h8,10H,3-7,9,17H2,1-2H3. The van der Waals surface area contributed by atoms with Crippen molar-refractivity contribution in [3.05, 3.63) is 17.5 Å². The van der Waals surface area contributed by atoms with Gasteiger partial charge >= 0.3 is 6.18 Å². The van der Waals surface area contributed by atoms with Gasteiger partial charge < -0.3 is 10.5 Å². The predicted molar refractivity (Wildman–Crippen MR) is 70.4 cm³/mol. The molecule has 20 heavy (non-hydrogen) atoms. The van der Waals surface area contributed by atoms with Crippen molar-refractivity contribution in [2.24, 2.45) is 5.73 Å². The number of rotatable bonds is 8. The molecule has 0 aromatic carbocycles. The van der Waals surface area contributed by atoms with E-state index in [9.17, 15) is 13.2 Å². The maximum atomic E-state index is 11.9. The van der Waals surface area contributed by atoms with Crippen LogP contribution in [0.25, 0.3) is 0 Å². The number of aromatic nitrogens is 2. The Labute approximate surface area is 117 Å². The lowest BCUT2D eigenvalue weighted by atomic mass is 10.1. The Bertz CT molecular complexity index is 404. The van der Waals surface area contributed by atoms with Crippen LogP contribution in [-0.4, -0.2) is 35.2 Å². The van der Waals surface area contributed by atoms with Crippen molar-refractivity contribution in [1.82, 2.24) is 9.78 Å². The third-order valence-corrected chi connectivity index (χ3v) is 2.95. The fraction of sp³-hybridized carbons (Fsp3) is 0.769. The summed E-state index contributed by atoms with van der Waals surface area (Å²) >= 11 is 0. The number of ether oxygens (including phenoxy) is 1. The van der Waals surface area contributed by atoms with Gasteiger partial charge in [-0.1, -0.05) is 6.92 Å². The van der Waals surface area contributed by atoms with Crippen molar-refractivity contribution < 1.29 is 17.9 Å². The zero-order valence-electron chi connectivity index (χ0n) is 11.9. The van der Waals surface area contributed by atoms with Crippen LogP contribution >= 0.6 is 0 Å². The number of nitrogens with zero attached hydrogens (tertiary/aromatic N) is 2. The lowest BCUT2D eigenvalue weighted by Crippen LogP contribution is -2.27. The molecule has 1 aromatic heterocycles. The Balaban J connectivity index is 2.38. The molecule has 0 spiro atoms. The van der Waals surface area contributed by atoms with Crippen LogP contribution < -0.4 is 5.73 Å². The van der Waals surface area contributed by atoms with Crippen LogP contribution in [0.4, 0.5) is 13.2 Å². The molecule has 4 nitrogen and oxygen atoms in total. The molecule has 0 amide bonds. The van der Waals surface area contributed by atoms with Gasteiger partial charge in [0.05, 0.1) is 5.69 Å². The summed E-state index contributed by atoms with van der Waals surface area (Å²) in [4.78, 5) is 0. The van der Waals surface area contributed by atoms with Gasteiger partial charge in [-0.3, -0.25) is 4.68 Å². The highest BCUT2D eigenvalue weighted by Gasteiger charge is 2.27. The lowest BCUT2D eigenvalue weighted by molar-refractivity contribution is -0.174. The Morgan fingerprint density at radius 2 is 2.10 bits per heavy atom. The molecule has 1 unspecified atom stereocenters. The highest BCUT2D eigenvalue weighted by atomic mass is 19.4. The molecule has 0 aliphatic carbocycles. The third kappa shape index (κ3) is 5.92. The monoisotopic (exact) mass is 293 g/mol. The Morgan fingerprint density at radius 3 is 2.65 bits per heavy atom. The van der Waals surface area contributed by atoms with E-state index in [-0.39, 0.29) is 12.6 Å². The summed E-state index contributed by atoms with van der Waals surface area (Å²) in [6.45, 7) is 3.58. The van der Waals surface area contributed by atoms with E-state index >= 15 is 0 Å². The molecule has 0 saturated heterocycles. The smallest absolute Gasteiger partial charge is 0.372 e. The Kier molecular flexibility index (Phi) is 6.48. The van der Waals surface area contributed by atoms with Gasteiger partial charge in [0, 0.05) is 31.3 Å². The molecule has 1 heterocycles. The third-order valence-electron chi connectivity index (χ3n) is 2.95. The minimum atomic E-state index is -4.28. The van der Waals surface area contributed by atoms with Crippen LogP contribution in [0.3, 0.4) is 0 Å². The van der Waals surface area contributed by atoms with Crippen LogP contribution in [0, 0.1) is 0 Å². The van der Waals surface area contributed by atoms with E-state index in [1.54, 1.807) is 0 Å². The van der Waals surface area contributed by atoms with Crippen molar-refractivity contribution in [2.45, 2.75) is 51.9 Å². The van der Waals surface area contributed by atoms with E-state index in [1.807, 2.05) is 24.6 Å². The summed E-state index contributed by atoms with van der Waals surface area (Å²) in [6.07, 6.45) is -2.44. The second kappa shape index (κ2) is 7.64. The topological polar surface area (TPSA) is 53.1 Å². The maximum Gasteiger partial charge on any atom is 0.411 e. The average Bonchev–Trinajstić information content (AvgIpc) is 2.76. The highest BCUT2D eigenvalue weighted by Crippen LogP contribution is 2.15. The Hall–Kier alpha value is -1.08. The van der Waals surface area contributed by atoms with Gasteiger partial charge in [-0.05, 0) is 25.8 Å². The van der Waals surface area contributed by atoms with Crippen molar-refractivity contribution >= 4 is 0 Å². The first-order valence-corrected chi connectivity index (χ1v) is 6.81. The fourth-order valence-electron chi connectivity index (χ4n) is 1.92. The molecule has 1 aromatic rings. The van der Waals surface area contributed by atoms with Crippen LogP contribution in [0.1, 0.15) is 31.7 Å². The number of alkyl halides is 3. The normalized spacial score (nSPS) is 13.7. The summed E-state index contributed by atoms with van der Waals surface area (Å²) in [5.41, 5.74) is 7.95. The molecule has 0 bridgehead atoms. The van der Waals surface area contributed by atoms with E-state index < -0.39 is 12.8 Å². The largest absolute Gasteiger partial charge is 0.411 e. The molecular formula is C13H22F3N3O. The second-order valence-electron chi connectivity index (χ2n) is 4.72. The zero-order valence-corrected chi connectivity index (χ0v) is 11.9. The van der Waals surface area contributed by atoms with Crippen molar-refractivity contribution in [1.29, 1.82) is 0 Å². The van der Waals surface area contributed by atoms with Gasteiger partial charge in [0.1, 0.15) is 6.61 Å². The molecule has 0 radical (unpaired) electrons.